The average Bonchev–Trinajstić information content (AvgIpc) is 3.14. The molecule has 1 fully saturated rings. The second kappa shape index (κ2) is 7.64. The molecule has 0 radical (unpaired) electrons. The van der Waals surface area contributed by atoms with Gasteiger partial charge in [0.15, 0.2) is 12.4 Å². The molecule has 3 rings (SSSR count). The van der Waals surface area contributed by atoms with Crippen molar-refractivity contribution in [2.24, 2.45) is 0 Å². The third-order valence-electron chi connectivity index (χ3n) is 4.60. The fourth-order valence-electron chi connectivity index (χ4n) is 3.33. The van der Waals surface area contributed by atoms with Crippen LogP contribution in [0.5, 0.6) is 5.75 Å². The topological polar surface area (TPSA) is 63.0 Å². The van der Waals surface area contributed by atoms with Gasteiger partial charge in [0.1, 0.15) is 5.75 Å². The molecule has 138 valence electrons. The molecule has 2 heterocycles. The first-order valence-corrected chi connectivity index (χ1v) is 8.77. The van der Waals surface area contributed by atoms with Crippen molar-refractivity contribution < 1.29 is 18.7 Å². The number of carbonyl (C=O) groups excluding carboxylic acids is 2. The Labute approximate surface area is 153 Å². The molecular formula is C20H24N2O4. The van der Waals surface area contributed by atoms with Gasteiger partial charge in [-0.1, -0.05) is 17.7 Å². The maximum absolute atomic E-state index is 12.4. The fraction of sp³-hybridized carbons (Fsp3) is 0.400. The Morgan fingerprint density at radius 2 is 1.65 bits per heavy atom. The molecule has 1 aliphatic heterocycles. The smallest absolute Gasteiger partial charge is 0.289 e. The van der Waals surface area contributed by atoms with Crippen LogP contribution >= 0.6 is 0 Å². The van der Waals surface area contributed by atoms with E-state index >= 15 is 0 Å². The fourth-order valence-corrected chi connectivity index (χ4v) is 3.33. The van der Waals surface area contributed by atoms with Crippen LogP contribution in [0.25, 0.3) is 0 Å². The van der Waals surface area contributed by atoms with Crippen molar-refractivity contribution in [2.75, 3.05) is 32.8 Å². The first-order valence-electron chi connectivity index (χ1n) is 8.77. The zero-order chi connectivity index (χ0) is 18.7. The number of hydrogen-bond donors (Lipinski definition) is 0. The maximum Gasteiger partial charge on any atom is 0.289 e. The third kappa shape index (κ3) is 3.90. The van der Waals surface area contributed by atoms with Gasteiger partial charge < -0.3 is 19.0 Å². The molecule has 0 spiro atoms. The Bertz CT molecular complexity index is 767. The molecule has 1 aromatic heterocycles. The van der Waals surface area contributed by atoms with E-state index < -0.39 is 0 Å². The van der Waals surface area contributed by atoms with Crippen molar-refractivity contribution in [3.8, 4) is 5.75 Å². The van der Waals surface area contributed by atoms with Crippen LogP contribution in [-0.2, 0) is 4.79 Å². The molecule has 0 aliphatic carbocycles. The predicted molar refractivity (Wildman–Crippen MR) is 97.3 cm³/mol. The summed E-state index contributed by atoms with van der Waals surface area (Å²) in [6.45, 7) is 8.01. The number of hydrogen-bond acceptors (Lipinski definition) is 4. The van der Waals surface area contributed by atoms with E-state index in [2.05, 4.69) is 0 Å². The molecule has 6 heteroatoms. The summed E-state index contributed by atoms with van der Waals surface area (Å²) in [5, 5.41) is 0. The number of piperazine rings is 1. The van der Waals surface area contributed by atoms with Crippen LogP contribution in [0.1, 0.15) is 27.2 Å². The highest BCUT2D eigenvalue weighted by Crippen LogP contribution is 2.24. The molecule has 1 aromatic carbocycles. The van der Waals surface area contributed by atoms with E-state index in [0.29, 0.717) is 31.9 Å². The van der Waals surface area contributed by atoms with E-state index in [1.54, 1.807) is 21.9 Å². The maximum atomic E-state index is 12.4. The zero-order valence-electron chi connectivity index (χ0n) is 15.4. The van der Waals surface area contributed by atoms with E-state index in [9.17, 15) is 9.59 Å². The molecule has 2 aromatic rings. The minimum absolute atomic E-state index is 0.0108. The highest BCUT2D eigenvalue weighted by Gasteiger charge is 2.26. The molecule has 0 unspecified atom stereocenters. The number of nitrogens with zero attached hydrogens (tertiary/aromatic N) is 2. The van der Waals surface area contributed by atoms with Gasteiger partial charge in [0.2, 0.25) is 0 Å². The SMILES string of the molecule is Cc1cc(C)c(OCC(=O)N2CCN(C(=O)c3ccco3)CC2)c(C)c1. The van der Waals surface area contributed by atoms with Crippen LogP contribution in [0.15, 0.2) is 34.9 Å². The molecule has 0 bridgehead atoms. The average molecular weight is 356 g/mol. The highest BCUT2D eigenvalue weighted by molar-refractivity contribution is 5.91. The molecule has 0 atom stereocenters. The lowest BCUT2D eigenvalue weighted by molar-refractivity contribution is -0.134. The van der Waals surface area contributed by atoms with Crippen molar-refractivity contribution in [3.63, 3.8) is 0 Å². The van der Waals surface area contributed by atoms with Crippen LogP contribution in [0.2, 0.25) is 0 Å². The molecule has 1 saturated heterocycles. The summed E-state index contributed by atoms with van der Waals surface area (Å²) in [5.41, 5.74) is 3.24. The van der Waals surface area contributed by atoms with E-state index in [-0.39, 0.29) is 18.4 Å². The lowest BCUT2D eigenvalue weighted by atomic mass is 10.1. The van der Waals surface area contributed by atoms with Crippen molar-refractivity contribution in [3.05, 3.63) is 53.0 Å². The van der Waals surface area contributed by atoms with Gasteiger partial charge in [-0.2, -0.15) is 0 Å². The summed E-state index contributed by atoms with van der Waals surface area (Å²) >= 11 is 0. The first kappa shape index (κ1) is 18.0. The van der Waals surface area contributed by atoms with Crippen molar-refractivity contribution in [1.29, 1.82) is 0 Å². The van der Waals surface area contributed by atoms with Crippen LogP contribution in [0, 0.1) is 20.8 Å². The Kier molecular flexibility index (Phi) is 5.30. The Morgan fingerprint density at radius 1 is 1.04 bits per heavy atom. The van der Waals surface area contributed by atoms with Gasteiger partial charge >= 0.3 is 0 Å². The van der Waals surface area contributed by atoms with Crippen LogP contribution < -0.4 is 4.74 Å². The molecule has 0 saturated carbocycles. The standard InChI is InChI=1S/C20H24N2O4/c1-14-11-15(2)19(16(3)12-14)26-13-18(23)21-6-8-22(9-7-21)20(24)17-5-4-10-25-17/h4-5,10-12H,6-9,13H2,1-3H3. The number of rotatable bonds is 4. The van der Waals surface area contributed by atoms with Gasteiger partial charge in [-0.25, -0.2) is 0 Å². The Morgan fingerprint density at radius 3 is 2.23 bits per heavy atom. The zero-order valence-corrected chi connectivity index (χ0v) is 15.4. The number of benzene rings is 1. The predicted octanol–water partition coefficient (Wildman–Crippen LogP) is 2.57. The van der Waals surface area contributed by atoms with Gasteiger partial charge in [-0.3, -0.25) is 9.59 Å². The lowest BCUT2D eigenvalue weighted by Gasteiger charge is -2.34. The number of ether oxygens (including phenoxy) is 1. The summed E-state index contributed by atoms with van der Waals surface area (Å²) in [6.07, 6.45) is 1.49. The summed E-state index contributed by atoms with van der Waals surface area (Å²) in [7, 11) is 0. The van der Waals surface area contributed by atoms with E-state index in [0.717, 1.165) is 16.9 Å². The van der Waals surface area contributed by atoms with E-state index in [1.807, 2.05) is 32.9 Å². The quantitative estimate of drug-likeness (QED) is 0.845. The number of amides is 2. The molecule has 0 N–H and O–H groups in total. The van der Waals surface area contributed by atoms with Crippen molar-refractivity contribution in [2.45, 2.75) is 20.8 Å². The second-order valence-electron chi connectivity index (χ2n) is 6.67. The van der Waals surface area contributed by atoms with Crippen LogP contribution in [0.3, 0.4) is 0 Å². The molecule has 26 heavy (non-hydrogen) atoms. The minimum Gasteiger partial charge on any atom is -0.483 e. The molecule has 1 aliphatic rings. The Balaban J connectivity index is 1.52. The second-order valence-corrected chi connectivity index (χ2v) is 6.67. The van der Waals surface area contributed by atoms with Gasteiger partial charge in [-0.15, -0.1) is 0 Å². The van der Waals surface area contributed by atoms with Crippen LogP contribution in [-0.4, -0.2) is 54.4 Å². The van der Waals surface area contributed by atoms with Gasteiger partial charge in [-0.05, 0) is 44.0 Å². The van der Waals surface area contributed by atoms with Gasteiger partial charge in [0, 0.05) is 26.2 Å². The largest absolute Gasteiger partial charge is 0.483 e. The summed E-state index contributed by atoms with van der Waals surface area (Å²) in [4.78, 5) is 28.1. The van der Waals surface area contributed by atoms with Gasteiger partial charge in [0.05, 0.1) is 6.26 Å². The number of carbonyl (C=O) groups is 2. The molecular weight excluding hydrogens is 332 g/mol. The van der Waals surface area contributed by atoms with E-state index in [4.69, 9.17) is 9.15 Å². The summed E-state index contributed by atoms with van der Waals surface area (Å²) < 4.78 is 10.9. The number of aryl methyl sites for hydroxylation is 3. The minimum atomic E-state index is -0.135. The van der Waals surface area contributed by atoms with Crippen LogP contribution in [0.4, 0.5) is 0 Å². The Hall–Kier alpha value is -2.76. The van der Waals surface area contributed by atoms with Crippen molar-refractivity contribution >= 4 is 11.8 Å². The summed E-state index contributed by atoms with van der Waals surface area (Å²) in [5.74, 6) is 0.910. The normalized spacial score (nSPS) is 14.4. The molecule has 2 amide bonds. The highest BCUT2D eigenvalue weighted by atomic mass is 16.5. The monoisotopic (exact) mass is 356 g/mol. The van der Waals surface area contributed by atoms with Crippen molar-refractivity contribution in [1.82, 2.24) is 9.80 Å². The number of furan rings is 1. The summed E-state index contributed by atoms with van der Waals surface area (Å²) in [6, 6.07) is 7.44. The molecule has 6 nitrogen and oxygen atoms in total. The van der Waals surface area contributed by atoms with Gasteiger partial charge in [0.25, 0.3) is 11.8 Å². The van der Waals surface area contributed by atoms with E-state index in [1.165, 1.54) is 11.8 Å². The lowest BCUT2D eigenvalue weighted by Crippen LogP contribution is -2.51. The third-order valence-corrected chi connectivity index (χ3v) is 4.60. The first-order chi connectivity index (χ1) is 12.5.